The van der Waals surface area contributed by atoms with E-state index >= 15 is 0 Å². The van der Waals surface area contributed by atoms with Gasteiger partial charge in [-0.25, -0.2) is 8.78 Å². The number of carbonyl (C=O) groups excluding carboxylic acids is 2. The molecule has 4 rings (SSSR count). The molecule has 3 N–H and O–H groups in total. The number of rotatable bonds is 6. The minimum atomic E-state index is -0.862. The molecule has 7 heteroatoms. The number of aldehydes is 1. The first-order valence-electron chi connectivity index (χ1n) is 12.2. The molecule has 5 nitrogen and oxygen atoms in total. The van der Waals surface area contributed by atoms with E-state index in [2.05, 4.69) is 10.2 Å². The molecule has 1 amide bonds. The number of nitrogens with two attached hydrogens (primary N) is 1. The number of nitrogens with one attached hydrogen (secondary N) is 1. The summed E-state index contributed by atoms with van der Waals surface area (Å²) in [5.74, 6) is -2.19. The van der Waals surface area contributed by atoms with Gasteiger partial charge in [-0.2, -0.15) is 0 Å². The molecule has 2 aromatic carbocycles. The molecule has 0 atom stereocenters. The van der Waals surface area contributed by atoms with Crippen LogP contribution in [0.2, 0.25) is 0 Å². The molecule has 2 aliphatic rings. The van der Waals surface area contributed by atoms with Crippen LogP contribution in [0, 0.1) is 17.6 Å². The number of hydrogen-bond acceptors (Lipinski definition) is 4. The van der Waals surface area contributed by atoms with Crippen LogP contribution in [0.4, 0.5) is 14.5 Å². The zero-order valence-electron chi connectivity index (χ0n) is 19.6. The third-order valence-corrected chi connectivity index (χ3v) is 6.55. The van der Waals surface area contributed by atoms with Crippen molar-refractivity contribution >= 4 is 17.9 Å². The lowest BCUT2D eigenvalue weighted by Crippen LogP contribution is -2.31. The highest BCUT2D eigenvalue weighted by Gasteiger charge is 2.18. The highest BCUT2D eigenvalue weighted by Crippen LogP contribution is 2.21. The molecule has 1 saturated heterocycles. The number of carbonyl (C=O) groups is 2. The number of anilines is 1. The van der Waals surface area contributed by atoms with E-state index in [1.165, 1.54) is 25.3 Å². The van der Waals surface area contributed by atoms with Crippen molar-refractivity contribution in [2.75, 3.05) is 25.0 Å². The van der Waals surface area contributed by atoms with Crippen LogP contribution in [0.15, 0.2) is 42.5 Å². The van der Waals surface area contributed by atoms with E-state index in [0.29, 0.717) is 17.6 Å². The van der Waals surface area contributed by atoms with E-state index in [9.17, 15) is 18.4 Å². The van der Waals surface area contributed by atoms with Crippen LogP contribution in [0.1, 0.15) is 60.9 Å². The number of nitrogens with zero attached hydrogens (tertiary/aromatic N) is 1. The first kappa shape index (κ1) is 26.0. The van der Waals surface area contributed by atoms with Crippen molar-refractivity contribution in [1.29, 1.82) is 0 Å². The van der Waals surface area contributed by atoms with Gasteiger partial charge < -0.3 is 20.7 Å². The van der Waals surface area contributed by atoms with Gasteiger partial charge in [0.05, 0.1) is 0 Å². The number of likely N-dealkylation sites (tertiary alicyclic amines) is 1. The predicted octanol–water partition coefficient (Wildman–Crippen LogP) is 4.95. The van der Waals surface area contributed by atoms with Crippen LogP contribution < -0.4 is 11.1 Å². The van der Waals surface area contributed by atoms with Gasteiger partial charge in [-0.15, -0.1) is 0 Å². The van der Waals surface area contributed by atoms with Gasteiger partial charge in [0, 0.05) is 24.2 Å². The monoisotopic (exact) mass is 471 g/mol. The van der Waals surface area contributed by atoms with Crippen molar-refractivity contribution in [3.63, 3.8) is 0 Å². The van der Waals surface area contributed by atoms with E-state index in [-0.39, 0.29) is 0 Å². The summed E-state index contributed by atoms with van der Waals surface area (Å²) in [5, 5.41) is 2.59. The Morgan fingerprint density at radius 3 is 2.29 bits per heavy atom. The normalized spacial score (nSPS) is 20.7. The summed E-state index contributed by atoms with van der Waals surface area (Å²) in [5.41, 5.74) is 6.72. The summed E-state index contributed by atoms with van der Waals surface area (Å²) in [4.78, 5) is 24.8. The van der Waals surface area contributed by atoms with Crippen LogP contribution in [-0.2, 0) is 11.2 Å². The van der Waals surface area contributed by atoms with Gasteiger partial charge in [0.2, 0.25) is 0 Å². The molecule has 0 radical (unpaired) electrons. The zero-order chi connectivity index (χ0) is 24.3. The lowest BCUT2D eigenvalue weighted by molar-refractivity contribution is -0.111. The van der Waals surface area contributed by atoms with Crippen molar-refractivity contribution in [1.82, 2.24) is 4.90 Å². The molecule has 2 aromatic rings. The summed E-state index contributed by atoms with van der Waals surface area (Å²) in [6, 6.07) is 11.2. The highest BCUT2D eigenvalue weighted by molar-refractivity contribution is 6.04. The van der Waals surface area contributed by atoms with Crippen molar-refractivity contribution in [2.24, 2.45) is 11.7 Å². The lowest BCUT2D eigenvalue weighted by atomic mass is 9.88. The van der Waals surface area contributed by atoms with Gasteiger partial charge in [-0.1, -0.05) is 24.6 Å². The largest absolute Gasteiger partial charge is 0.328 e. The first-order chi connectivity index (χ1) is 16.5. The molecular weight excluding hydrogens is 436 g/mol. The van der Waals surface area contributed by atoms with Crippen LogP contribution >= 0.6 is 0 Å². The van der Waals surface area contributed by atoms with E-state index in [0.717, 1.165) is 75.7 Å². The summed E-state index contributed by atoms with van der Waals surface area (Å²) in [6.45, 7) is 3.27. The van der Waals surface area contributed by atoms with Gasteiger partial charge in [0.25, 0.3) is 5.91 Å². The maximum absolute atomic E-state index is 13.7. The average Bonchev–Trinajstić information content (AvgIpc) is 2.84. The smallest absolute Gasteiger partial charge is 0.261 e. The quantitative estimate of drug-likeness (QED) is 0.585. The standard InChI is InChI=1S/C20H22F2N2O.C7H13NO/c21-17-8-5-9-18(22)19(17)20(25)23-16-7-4-6-15(14-16)10-13-24-11-2-1-3-12-24;8-7-3-1-6(5-9)2-4-7/h4-9,14H,1-3,10-13H2,(H,23,25);5-7H,1-4,8H2. The Bertz CT molecular complexity index is 919. The molecule has 1 aliphatic carbocycles. The van der Waals surface area contributed by atoms with Crippen molar-refractivity contribution < 1.29 is 18.4 Å². The molecule has 0 unspecified atom stereocenters. The van der Waals surface area contributed by atoms with Crippen molar-refractivity contribution in [2.45, 2.75) is 57.4 Å². The molecule has 1 saturated carbocycles. The summed E-state index contributed by atoms with van der Waals surface area (Å²) >= 11 is 0. The Kier molecular flexibility index (Phi) is 10.2. The van der Waals surface area contributed by atoms with Crippen molar-refractivity contribution in [3.05, 3.63) is 65.2 Å². The fraction of sp³-hybridized carbons (Fsp3) is 0.481. The van der Waals surface area contributed by atoms with Crippen LogP contribution in [0.5, 0.6) is 0 Å². The van der Waals surface area contributed by atoms with Crippen LogP contribution in [0.3, 0.4) is 0 Å². The fourth-order valence-electron chi connectivity index (χ4n) is 4.46. The Balaban J connectivity index is 0.000000302. The molecule has 184 valence electrons. The highest BCUT2D eigenvalue weighted by atomic mass is 19.1. The summed E-state index contributed by atoms with van der Waals surface area (Å²) in [7, 11) is 0. The molecule has 0 aromatic heterocycles. The molecule has 1 aliphatic heterocycles. The maximum Gasteiger partial charge on any atom is 0.261 e. The fourth-order valence-corrected chi connectivity index (χ4v) is 4.46. The van der Waals surface area contributed by atoms with Gasteiger partial charge in [-0.3, -0.25) is 4.79 Å². The van der Waals surface area contributed by atoms with Gasteiger partial charge in [0.15, 0.2) is 0 Å². The van der Waals surface area contributed by atoms with Gasteiger partial charge in [-0.05, 0) is 87.9 Å². The van der Waals surface area contributed by atoms with Crippen LogP contribution in [-0.4, -0.2) is 42.8 Å². The minimum Gasteiger partial charge on any atom is -0.328 e. The van der Waals surface area contributed by atoms with E-state index in [1.54, 1.807) is 6.07 Å². The number of piperidine rings is 1. The topological polar surface area (TPSA) is 75.4 Å². The first-order valence-corrected chi connectivity index (χ1v) is 12.2. The Morgan fingerprint density at radius 1 is 1.00 bits per heavy atom. The molecule has 1 heterocycles. The Hall–Kier alpha value is -2.64. The third-order valence-electron chi connectivity index (χ3n) is 6.55. The van der Waals surface area contributed by atoms with E-state index in [4.69, 9.17) is 5.73 Å². The second-order valence-electron chi connectivity index (χ2n) is 9.21. The predicted molar refractivity (Wildman–Crippen MR) is 131 cm³/mol. The molecule has 2 fully saturated rings. The number of amides is 1. The average molecular weight is 472 g/mol. The Labute approximate surface area is 200 Å². The summed E-state index contributed by atoms with van der Waals surface area (Å²) < 4.78 is 27.4. The number of halogens is 2. The SMILES string of the molecule is NC1CCC(C=O)CC1.O=C(Nc1cccc(CCN2CCCCC2)c1)c1c(F)cccc1F. The maximum atomic E-state index is 13.7. The minimum absolute atomic E-state index is 0.310. The van der Waals surface area contributed by atoms with Crippen LogP contribution in [0.25, 0.3) is 0 Å². The Morgan fingerprint density at radius 2 is 1.65 bits per heavy atom. The second kappa shape index (κ2) is 13.3. The van der Waals surface area contributed by atoms with Gasteiger partial charge in [0.1, 0.15) is 23.5 Å². The summed E-state index contributed by atoms with van der Waals surface area (Å²) in [6.07, 6.45) is 9.84. The second-order valence-corrected chi connectivity index (χ2v) is 9.21. The lowest BCUT2D eigenvalue weighted by Gasteiger charge is -2.26. The van der Waals surface area contributed by atoms with E-state index in [1.807, 2.05) is 18.2 Å². The molecule has 0 spiro atoms. The molecular formula is C27H35F2N3O2. The van der Waals surface area contributed by atoms with Gasteiger partial charge >= 0.3 is 0 Å². The molecule has 34 heavy (non-hydrogen) atoms. The third kappa shape index (κ3) is 7.99. The number of benzene rings is 2. The van der Waals surface area contributed by atoms with Crippen molar-refractivity contribution in [3.8, 4) is 0 Å². The number of hydrogen-bond donors (Lipinski definition) is 2. The molecule has 0 bridgehead atoms. The zero-order valence-corrected chi connectivity index (χ0v) is 19.6. The van der Waals surface area contributed by atoms with E-state index < -0.39 is 23.1 Å².